The van der Waals surface area contributed by atoms with Crippen molar-refractivity contribution < 1.29 is 22.7 Å². The fraction of sp³-hybridized carbons (Fsp3) is 0.381. The van der Waals surface area contributed by atoms with E-state index >= 15 is 0 Å². The van der Waals surface area contributed by atoms with Gasteiger partial charge in [0, 0.05) is 28.7 Å². The lowest BCUT2D eigenvalue weighted by Crippen LogP contribution is -2.39. The molecular weight excluding hydrogens is 424 g/mol. The summed E-state index contributed by atoms with van der Waals surface area (Å²) in [6.07, 6.45) is 1.81. The minimum Gasteiger partial charge on any atom is -0.497 e. The lowest BCUT2D eigenvalue weighted by Gasteiger charge is -2.33. The molecule has 1 saturated carbocycles. The number of nitrogens with one attached hydrogen (secondary N) is 1. The normalized spacial score (nSPS) is 18.5. The molecule has 2 aliphatic rings. The number of methoxy groups -OCH3 is 2. The van der Waals surface area contributed by atoms with Crippen molar-refractivity contribution in [2.75, 3.05) is 30.4 Å². The molecule has 1 amide bonds. The molecule has 2 aromatic rings. The summed E-state index contributed by atoms with van der Waals surface area (Å²) in [6, 6.07) is 9.80. The van der Waals surface area contributed by atoms with Crippen molar-refractivity contribution in [2.24, 2.45) is 5.92 Å². The van der Waals surface area contributed by atoms with Crippen LogP contribution in [0.1, 0.15) is 19.8 Å². The van der Waals surface area contributed by atoms with E-state index in [2.05, 4.69) is 11.6 Å². The minimum atomic E-state index is -3.88. The summed E-state index contributed by atoms with van der Waals surface area (Å²) in [5.41, 5.74) is 0.976. The average Bonchev–Trinajstić information content (AvgIpc) is 3.57. The molecule has 2 aromatic carbocycles. The van der Waals surface area contributed by atoms with Gasteiger partial charge in [-0.05, 0) is 43.2 Å². The number of fused-ring (bicyclic) bond motifs is 1. The van der Waals surface area contributed by atoms with E-state index in [9.17, 15) is 13.2 Å². The highest BCUT2D eigenvalue weighted by Crippen LogP contribution is 2.43. The summed E-state index contributed by atoms with van der Waals surface area (Å²) < 4.78 is 39.2. The Morgan fingerprint density at radius 2 is 1.90 bits per heavy atom. The van der Waals surface area contributed by atoms with Gasteiger partial charge >= 0.3 is 0 Å². The Morgan fingerprint density at radius 1 is 1.13 bits per heavy atom. The molecule has 1 fully saturated rings. The van der Waals surface area contributed by atoms with Gasteiger partial charge in [0.05, 0.1) is 30.5 Å². The number of sulfonamides is 1. The van der Waals surface area contributed by atoms with Crippen molar-refractivity contribution in [3.63, 3.8) is 0 Å². The monoisotopic (exact) mass is 448 g/mol. The van der Waals surface area contributed by atoms with Crippen LogP contribution in [0.3, 0.4) is 0 Å². The van der Waals surface area contributed by atoms with Gasteiger partial charge in [0.2, 0.25) is 5.91 Å². The van der Waals surface area contributed by atoms with E-state index in [0.717, 1.165) is 17.7 Å². The van der Waals surface area contributed by atoms with Crippen LogP contribution in [0.4, 0.5) is 11.4 Å². The van der Waals surface area contributed by atoms with Crippen LogP contribution in [0.5, 0.6) is 11.5 Å². The third-order valence-electron chi connectivity index (χ3n) is 5.14. The van der Waals surface area contributed by atoms with Crippen LogP contribution in [-0.4, -0.2) is 40.3 Å². The summed E-state index contributed by atoms with van der Waals surface area (Å²) in [5, 5.41) is 0.254. The molecule has 4 rings (SSSR count). The van der Waals surface area contributed by atoms with Gasteiger partial charge in [-0.15, -0.1) is 11.8 Å². The third-order valence-corrected chi connectivity index (χ3v) is 7.66. The highest BCUT2D eigenvalue weighted by molar-refractivity contribution is 8.00. The van der Waals surface area contributed by atoms with Crippen LogP contribution in [-0.2, 0) is 14.8 Å². The van der Waals surface area contributed by atoms with Crippen molar-refractivity contribution in [3.8, 4) is 11.5 Å². The summed E-state index contributed by atoms with van der Waals surface area (Å²) >= 11 is 1.66. The zero-order valence-corrected chi connectivity index (χ0v) is 18.7. The van der Waals surface area contributed by atoms with Crippen LogP contribution < -0.4 is 19.1 Å². The molecule has 1 aliphatic heterocycles. The third kappa shape index (κ3) is 4.09. The summed E-state index contributed by atoms with van der Waals surface area (Å²) in [6.45, 7) is 2.65. The van der Waals surface area contributed by atoms with Crippen LogP contribution in [0.2, 0.25) is 0 Å². The average molecular weight is 449 g/mol. The molecule has 0 bridgehead atoms. The van der Waals surface area contributed by atoms with Gasteiger partial charge in [-0.3, -0.25) is 9.52 Å². The first-order valence-electron chi connectivity index (χ1n) is 9.69. The van der Waals surface area contributed by atoms with E-state index in [1.807, 2.05) is 0 Å². The molecule has 7 nitrogen and oxygen atoms in total. The quantitative estimate of drug-likeness (QED) is 0.725. The van der Waals surface area contributed by atoms with Crippen LogP contribution in [0.15, 0.2) is 46.2 Å². The second kappa shape index (κ2) is 8.03. The number of anilines is 2. The van der Waals surface area contributed by atoms with Gasteiger partial charge in [-0.1, -0.05) is 6.92 Å². The number of amides is 1. The maximum absolute atomic E-state index is 13.1. The fourth-order valence-corrected chi connectivity index (χ4v) is 5.61. The van der Waals surface area contributed by atoms with E-state index in [1.54, 1.807) is 53.1 Å². The molecular formula is C21H24N2O5S2. The second-order valence-electron chi connectivity index (χ2n) is 7.45. The van der Waals surface area contributed by atoms with E-state index < -0.39 is 10.0 Å². The molecule has 1 unspecified atom stereocenters. The van der Waals surface area contributed by atoms with Crippen LogP contribution in [0.25, 0.3) is 0 Å². The molecule has 0 spiro atoms. The molecule has 1 atom stereocenters. The van der Waals surface area contributed by atoms with Crippen LogP contribution >= 0.6 is 11.8 Å². The number of ether oxygens (including phenoxy) is 2. The Kier molecular flexibility index (Phi) is 5.59. The number of benzene rings is 2. The largest absolute Gasteiger partial charge is 0.497 e. The highest BCUT2D eigenvalue weighted by Gasteiger charge is 2.37. The standard InChI is InChI=1S/C21H24N2O5S2/c1-13-12-23(21(24)14-4-5-14)18-11-16(7-9-20(18)29-13)30(25,26)22-17-8-6-15(27-2)10-19(17)28-3/h6-11,13-14,22H,4-5,12H2,1-3H3. The van der Waals surface area contributed by atoms with Gasteiger partial charge in [-0.2, -0.15) is 0 Å². The molecule has 0 radical (unpaired) electrons. The molecule has 30 heavy (non-hydrogen) atoms. The number of hydrogen-bond acceptors (Lipinski definition) is 6. The zero-order chi connectivity index (χ0) is 21.5. The Bertz CT molecular complexity index is 1080. The highest BCUT2D eigenvalue weighted by atomic mass is 32.2. The predicted molar refractivity (Wildman–Crippen MR) is 117 cm³/mol. The second-order valence-corrected chi connectivity index (χ2v) is 10.6. The lowest BCUT2D eigenvalue weighted by atomic mass is 10.2. The first-order valence-corrected chi connectivity index (χ1v) is 12.1. The van der Waals surface area contributed by atoms with Gasteiger partial charge < -0.3 is 14.4 Å². The maximum Gasteiger partial charge on any atom is 0.262 e. The Labute approximate surface area is 180 Å². The molecule has 9 heteroatoms. The number of rotatable bonds is 6. The lowest BCUT2D eigenvalue weighted by molar-refractivity contribution is -0.119. The SMILES string of the molecule is COc1ccc(NS(=O)(=O)c2ccc3c(c2)N(C(=O)C2CC2)CC(C)S3)c(OC)c1. The van der Waals surface area contributed by atoms with E-state index in [-0.39, 0.29) is 22.0 Å². The first-order chi connectivity index (χ1) is 14.3. The maximum atomic E-state index is 13.1. The van der Waals surface area contributed by atoms with Crippen LogP contribution in [0, 0.1) is 5.92 Å². The van der Waals surface area contributed by atoms with E-state index in [4.69, 9.17) is 9.47 Å². The van der Waals surface area contributed by atoms with E-state index in [1.165, 1.54) is 14.2 Å². The number of carbonyl (C=O) groups excluding carboxylic acids is 1. The number of carbonyl (C=O) groups is 1. The smallest absolute Gasteiger partial charge is 0.262 e. The summed E-state index contributed by atoms with van der Waals surface area (Å²) in [7, 11) is -0.894. The summed E-state index contributed by atoms with van der Waals surface area (Å²) in [4.78, 5) is 15.6. The van der Waals surface area contributed by atoms with Crippen molar-refractivity contribution in [1.82, 2.24) is 0 Å². The van der Waals surface area contributed by atoms with Crippen molar-refractivity contribution in [3.05, 3.63) is 36.4 Å². The number of nitrogens with zero attached hydrogens (tertiary/aromatic N) is 1. The van der Waals surface area contributed by atoms with E-state index in [0.29, 0.717) is 29.4 Å². The van der Waals surface area contributed by atoms with Gasteiger partial charge in [0.15, 0.2) is 0 Å². The minimum absolute atomic E-state index is 0.0649. The Hall–Kier alpha value is -2.39. The molecule has 1 aliphatic carbocycles. The molecule has 0 aromatic heterocycles. The Morgan fingerprint density at radius 3 is 2.57 bits per heavy atom. The molecule has 160 valence electrons. The van der Waals surface area contributed by atoms with Gasteiger partial charge in [0.25, 0.3) is 10.0 Å². The zero-order valence-electron chi connectivity index (χ0n) is 17.0. The topological polar surface area (TPSA) is 84.9 Å². The van der Waals surface area contributed by atoms with Gasteiger partial charge in [0.1, 0.15) is 11.5 Å². The predicted octanol–water partition coefficient (Wildman–Crippen LogP) is 3.74. The fourth-order valence-electron chi connectivity index (χ4n) is 3.43. The summed E-state index contributed by atoms with van der Waals surface area (Å²) in [5.74, 6) is 1.06. The molecule has 0 saturated heterocycles. The number of hydrogen-bond donors (Lipinski definition) is 1. The Balaban J connectivity index is 1.67. The van der Waals surface area contributed by atoms with Crippen molar-refractivity contribution in [1.29, 1.82) is 0 Å². The molecule has 1 heterocycles. The van der Waals surface area contributed by atoms with Crippen molar-refractivity contribution in [2.45, 2.75) is 34.8 Å². The van der Waals surface area contributed by atoms with Crippen molar-refractivity contribution >= 4 is 39.1 Å². The van der Waals surface area contributed by atoms with Gasteiger partial charge in [-0.25, -0.2) is 8.42 Å². The molecule has 1 N–H and O–H groups in total. The number of thioether (sulfide) groups is 1. The first kappa shape index (κ1) is 20.9.